The van der Waals surface area contributed by atoms with Crippen molar-refractivity contribution in [2.75, 3.05) is 0 Å². The summed E-state index contributed by atoms with van der Waals surface area (Å²) in [6, 6.07) is 0. The molecule has 0 saturated heterocycles. The van der Waals surface area contributed by atoms with Crippen LogP contribution in [-0.2, 0) is 4.79 Å². The predicted octanol–water partition coefficient (Wildman–Crippen LogP) is 2.01. The maximum absolute atomic E-state index is 11.6. The molecule has 1 nitrogen and oxygen atoms in total. The minimum atomic E-state index is 0.513. The van der Waals surface area contributed by atoms with E-state index in [1.165, 1.54) is 32.1 Å². The maximum atomic E-state index is 11.6. The van der Waals surface area contributed by atoms with Crippen LogP contribution in [-0.4, -0.2) is 5.78 Å². The number of hydrogen-bond donors (Lipinski definition) is 0. The monoisotopic (exact) mass is 150 g/mol. The van der Waals surface area contributed by atoms with Crippen LogP contribution in [0, 0.1) is 23.7 Å². The lowest BCUT2D eigenvalue weighted by Gasteiger charge is -2.51. The molecule has 4 bridgehead atoms. The van der Waals surface area contributed by atoms with E-state index >= 15 is 0 Å². The van der Waals surface area contributed by atoms with E-state index in [9.17, 15) is 4.79 Å². The highest BCUT2D eigenvalue weighted by molar-refractivity contribution is 5.86. The molecule has 0 spiro atoms. The van der Waals surface area contributed by atoms with E-state index in [0.717, 1.165) is 11.8 Å². The average molecular weight is 150 g/mol. The standard InChI is InChI=1S/C10H14O/c11-10-8-3-1-6-5-7(8)2-4-9(6)10/h6-9H,1-5H2. The van der Waals surface area contributed by atoms with Crippen molar-refractivity contribution in [1.29, 1.82) is 0 Å². The number of hydrogen-bond acceptors (Lipinski definition) is 1. The van der Waals surface area contributed by atoms with Crippen LogP contribution in [0.4, 0.5) is 0 Å². The summed E-state index contributed by atoms with van der Waals surface area (Å²) in [5.74, 6) is 3.29. The van der Waals surface area contributed by atoms with E-state index in [1.54, 1.807) is 0 Å². The van der Waals surface area contributed by atoms with Crippen molar-refractivity contribution in [2.45, 2.75) is 32.1 Å². The van der Waals surface area contributed by atoms with Crippen molar-refractivity contribution in [2.24, 2.45) is 23.7 Å². The molecule has 0 aliphatic heterocycles. The van der Waals surface area contributed by atoms with Gasteiger partial charge in [0.2, 0.25) is 0 Å². The highest BCUT2D eigenvalue weighted by Crippen LogP contribution is 2.53. The second-order valence-electron chi connectivity index (χ2n) is 4.53. The molecule has 1 heteroatoms. The first-order chi connectivity index (χ1) is 5.36. The van der Waals surface area contributed by atoms with E-state index in [0.29, 0.717) is 17.6 Å². The van der Waals surface area contributed by atoms with Crippen molar-refractivity contribution in [1.82, 2.24) is 0 Å². The molecule has 4 unspecified atom stereocenters. The zero-order valence-electron chi connectivity index (χ0n) is 6.75. The maximum Gasteiger partial charge on any atom is 0.139 e. The quantitative estimate of drug-likeness (QED) is 0.516. The van der Waals surface area contributed by atoms with Gasteiger partial charge >= 0.3 is 0 Å². The number of ketones is 1. The summed E-state index contributed by atoms with van der Waals surface area (Å²) in [6.45, 7) is 0. The number of rotatable bonds is 0. The van der Waals surface area contributed by atoms with Crippen molar-refractivity contribution in [3.8, 4) is 0 Å². The van der Waals surface area contributed by atoms with E-state index in [2.05, 4.69) is 0 Å². The molecule has 0 N–H and O–H groups in total. The van der Waals surface area contributed by atoms with Crippen molar-refractivity contribution >= 4 is 5.78 Å². The van der Waals surface area contributed by atoms with Gasteiger partial charge in [0.05, 0.1) is 0 Å². The fourth-order valence-electron chi connectivity index (χ4n) is 3.64. The van der Waals surface area contributed by atoms with Crippen LogP contribution >= 0.6 is 0 Å². The summed E-state index contributed by atoms with van der Waals surface area (Å²) >= 11 is 0. The van der Waals surface area contributed by atoms with Gasteiger partial charge in [-0.1, -0.05) is 0 Å². The van der Waals surface area contributed by atoms with Crippen LogP contribution in [0.15, 0.2) is 0 Å². The summed E-state index contributed by atoms with van der Waals surface area (Å²) in [5, 5.41) is 0. The molecular weight excluding hydrogens is 136 g/mol. The van der Waals surface area contributed by atoms with E-state index < -0.39 is 0 Å². The molecular formula is C10H14O. The van der Waals surface area contributed by atoms with E-state index in [1.807, 2.05) is 0 Å². The molecule has 0 aromatic heterocycles. The van der Waals surface area contributed by atoms with Crippen LogP contribution in [0.5, 0.6) is 0 Å². The van der Waals surface area contributed by atoms with Gasteiger partial charge in [0.15, 0.2) is 0 Å². The Morgan fingerprint density at radius 3 is 1.82 bits per heavy atom. The first-order valence-electron chi connectivity index (χ1n) is 4.90. The normalized spacial score (nSPS) is 53.6. The zero-order chi connectivity index (χ0) is 7.42. The Kier molecular flexibility index (Phi) is 1.06. The largest absolute Gasteiger partial charge is 0.299 e. The summed E-state index contributed by atoms with van der Waals surface area (Å²) in [5.41, 5.74) is 0. The first-order valence-corrected chi connectivity index (χ1v) is 4.90. The van der Waals surface area contributed by atoms with Gasteiger partial charge in [-0.15, -0.1) is 0 Å². The number of fused-ring (bicyclic) bond motifs is 2. The average Bonchev–Trinajstić information content (AvgIpc) is 2.04. The van der Waals surface area contributed by atoms with Crippen molar-refractivity contribution in [3.63, 3.8) is 0 Å². The molecule has 4 atom stereocenters. The first kappa shape index (κ1) is 6.22. The van der Waals surface area contributed by atoms with Gasteiger partial charge in [0.1, 0.15) is 5.78 Å². The Labute approximate surface area is 67.2 Å². The summed E-state index contributed by atoms with van der Waals surface area (Å²) < 4.78 is 0. The highest BCUT2D eigenvalue weighted by Gasteiger charge is 2.50. The SMILES string of the molecule is O=C1C2CCC3CC2CCC13. The van der Waals surface area contributed by atoms with E-state index in [4.69, 9.17) is 0 Å². The molecule has 5 saturated carbocycles. The minimum Gasteiger partial charge on any atom is -0.299 e. The molecule has 5 rings (SSSR count). The Morgan fingerprint density at radius 1 is 0.909 bits per heavy atom. The van der Waals surface area contributed by atoms with Crippen LogP contribution in [0.3, 0.4) is 0 Å². The zero-order valence-corrected chi connectivity index (χ0v) is 6.75. The predicted molar refractivity (Wildman–Crippen MR) is 42.1 cm³/mol. The molecule has 11 heavy (non-hydrogen) atoms. The van der Waals surface area contributed by atoms with Crippen LogP contribution in [0.1, 0.15) is 32.1 Å². The number of carbonyl (C=O) groups is 1. The molecule has 60 valence electrons. The van der Waals surface area contributed by atoms with Crippen LogP contribution < -0.4 is 0 Å². The molecule has 0 amide bonds. The molecule has 0 aromatic rings. The lowest BCUT2D eigenvalue weighted by atomic mass is 9.52. The van der Waals surface area contributed by atoms with Gasteiger partial charge in [-0.3, -0.25) is 4.79 Å². The highest BCUT2D eigenvalue weighted by atomic mass is 16.1. The third kappa shape index (κ3) is 0.646. The molecule has 0 aromatic carbocycles. The summed E-state index contributed by atoms with van der Waals surface area (Å²) in [6.07, 6.45) is 6.56. The second-order valence-corrected chi connectivity index (χ2v) is 4.53. The minimum absolute atomic E-state index is 0.513. The van der Waals surface area contributed by atoms with Gasteiger partial charge in [-0.05, 0) is 43.9 Å². The molecule has 5 aliphatic carbocycles. The van der Waals surface area contributed by atoms with Gasteiger partial charge in [-0.25, -0.2) is 0 Å². The van der Waals surface area contributed by atoms with E-state index in [-0.39, 0.29) is 0 Å². The smallest absolute Gasteiger partial charge is 0.139 e. The third-order valence-corrected chi connectivity index (χ3v) is 4.17. The Balaban J connectivity index is 2.03. The fourth-order valence-corrected chi connectivity index (χ4v) is 3.64. The Hall–Kier alpha value is -0.330. The second kappa shape index (κ2) is 1.88. The van der Waals surface area contributed by atoms with Crippen LogP contribution in [0.2, 0.25) is 0 Å². The van der Waals surface area contributed by atoms with Crippen molar-refractivity contribution < 1.29 is 4.79 Å². The molecule has 5 aliphatic rings. The molecule has 5 fully saturated rings. The topological polar surface area (TPSA) is 17.1 Å². The fraction of sp³-hybridized carbons (Fsp3) is 0.900. The van der Waals surface area contributed by atoms with Crippen molar-refractivity contribution in [3.05, 3.63) is 0 Å². The molecule has 0 heterocycles. The third-order valence-electron chi connectivity index (χ3n) is 4.17. The lowest BCUT2D eigenvalue weighted by Crippen LogP contribution is -2.49. The number of Topliss-reactive ketones (excluding diaryl/α,β-unsaturated/α-hetero) is 1. The summed E-state index contributed by atoms with van der Waals surface area (Å²) in [4.78, 5) is 11.6. The lowest BCUT2D eigenvalue weighted by molar-refractivity contribution is -0.146. The van der Waals surface area contributed by atoms with Crippen LogP contribution in [0.25, 0.3) is 0 Å². The molecule has 0 radical (unpaired) electrons. The summed E-state index contributed by atoms with van der Waals surface area (Å²) in [7, 11) is 0. The van der Waals surface area contributed by atoms with Gasteiger partial charge < -0.3 is 0 Å². The van der Waals surface area contributed by atoms with Gasteiger partial charge in [0.25, 0.3) is 0 Å². The Bertz CT molecular complexity index is 189. The van der Waals surface area contributed by atoms with Gasteiger partial charge in [0, 0.05) is 11.8 Å². The van der Waals surface area contributed by atoms with Gasteiger partial charge in [-0.2, -0.15) is 0 Å². The number of carbonyl (C=O) groups excluding carboxylic acids is 1. The Morgan fingerprint density at radius 2 is 1.45 bits per heavy atom.